The van der Waals surface area contributed by atoms with Crippen LogP contribution in [0.3, 0.4) is 0 Å². The van der Waals surface area contributed by atoms with Crippen LogP contribution in [0.15, 0.2) is 72.8 Å². The quantitative estimate of drug-likeness (QED) is 0.182. The Kier molecular flexibility index (Phi) is 8.92. The van der Waals surface area contributed by atoms with Gasteiger partial charge in [0.05, 0.1) is 12.2 Å². The molecule has 0 heterocycles. The normalized spacial score (nSPS) is 14.0. The number of anilines is 1. The summed E-state index contributed by atoms with van der Waals surface area (Å²) >= 11 is 0. The predicted molar refractivity (Wildman–Crippen MR) is 124 cm³/mol. The van der Waals surface area contributed by atoms with Crippen molar-refractivity contribution in [2.45, 2.75) is 43.1 Å². The zero-order chi connectivity index (χ0) is 31.7. The summed E-state index contributed by atoms with van der Waals surface area (Å²) in [5.41, 5.74) is -3.06. The third-order valence-electron chi connectivity index (χ3n) is 5.57. The molecule has 42 heavy (non-hydrogen) atoms. The molecule has 0 unspecified atom stereocenters. The minimum atomic E-state index is -5.92. The number of benzene rings is 3. The lowest BCUT2D eigenvalue weighted by atomic mass is 10.0. The van der Waals surface area contributed by atoms with Crippen LogP contribution in [0.25, 0.3) is 0 Å². The van der Waals surface area contributed by atoms with Gasteiger partial charge in [-0.15, -0.1) is 0 Å². The molecular formula is C26H19F12NO3. The molecule has 0 radical (unpaired) electrons. The molecule has 3 rings (SSSR count). The van der Waals surface area contributed by atoms with E-state index in [1.807, 2.05) is 0 Å². The molecule has 1 N–H and O–H groups in total. The molecule has 0 aliphatic rings. The van der Waals surface area contributed by atoms with Gasteiger partial charge in [0.2, 0.25) is 0 Å². The highest BCUT2D eigenvalue weighted by atomic mass is 19.4. The van der Waals surface area contributed by atoms with Crippen LogP contribution in [0, 0.1) is 0 Å². The highest BCUT2D eigenvalue weighted by molar-refractivity contribution is 5.51. The SMILES string of the molecule is CC(F)(F)C(F)(F)c1cccc(ON(C[C@H](O)C(F)(F)F)c2cccc(Oc3cccc(C(F)(F)C(F)(F)F)c3)c2)c1. The molecule has 0 saturated carbocycles. The smallest absolute Gasteiger partial charge is 0.457 e. The number of halogens is 12. The Morgan fingerprint density at radius 2 is 1.14 bits per heavy atom. The van der Waals surface area contributed by atoms with Crippen LogP contribution in [0.5, 0.6) is 17.2 Å². The Hall–Kier alpha value is -3.82. The van der Waals surface area contributed by atoms with Gasteiger partial charge in [-0.25, -0.2) is 5.06 Å². The fourth-order valence-corrected chi connectivity index (χ4v) is 3.34. The molecule has 0 aromatic heterocycles. The first kappa shape index (κ1) is 32.7. The number of aliphatic hydroxyl groups is 1. The van der Waals surface area contributed by atoms with E-state index in [-0.39, 0.29) is 18.4 Å². The van der Waals surface area contributed by atoms with Gasteiger partial charge in [-0.3, -0.25) is 0 Å². The number of alkyl halides is 12. The maximum atomic E-state index is 14.2. The van der Waals surface area contributed by atoms with Crippen molar-refractivity contribution < 1.29 is 67.4 Å². The molecule has 0 bridgehead atoms. The molecule has 0 fully saturated rings. The predicted octanol–water partition coefficient (Wildman–Crippen LogP) is 8.60. The van der Waals surface area contributed by atoms with Crippen molar-refractivity contribution in [3.05, 3.63) is 83.9 Å². The summed E-state index contributed by atoms with van der Waals surface area (Å²) in [6, 6.07) is 9.91. The van der Waals surface area contributed by atoms with Crippen molar-refractivity contribution in [3.8, 4) is 17.2 Å². The van der Waals surface area contributed by atoms with E-state index < -0.39 is 65.4 Å². The molecule has 0 aliphatic heterocycles. The Balaban J connectivity index is 1.96. The summed E-state index contributed by atoms with van der Waals surface area (Å²) in [6.45, 7) is -1.43. The van der Waals surface area contributed by atoms with Crippen molar-refractivity contribution in [1.82, 2.24) is 0 Å². The second kappa shape index (κ2) is 11.5. The number of ether oxygens (including phenoxy) is 1. The zero-order valence-electron chi connectivity index (χ0n) is 21.0. The van der Waals surface area contributed by atoms with E-state index >= 15 is 0 Å². The summed E-state index contributed by atoms with van der Waals surface area (Å²) in [5.74, 6) is -15.9. The number of hydrogen-bond donors (Lipinski definition) is 1. The molecule has 0 aliphatic carbocycles. The van der Waals surface area contributed by atoms with Crippen LogP contribution >= 0.6 is 0 Å². The van der Waals surface area contributed by atoms with Gasteiger partial charge in [-0.1, -0.05) is 30.3 Å². The van der Waals surface area contributed by atoms with Crippen molar-refractivity contribution in [2.75, 3.05) is 11.6 Å². The van der Waals surface area contributed by atoms with Gasteiger partial charge in [0.1, 0.15) is 11.5 Å². The monoisotopic (exact) mass is 621 g/mol. The first-order chi connectivity index (χ1) is 19.1. The number of hydroxylamine groups is 1. The second-order valence-electron chi connectivity index (χ2n) is 8.90. The van der Waals surface area contributed by atoms with E-state index in [4.69, 9.17) is 9.57 Å². The molecule has 3 aromatic rings. The third kappa shape index (κ3) is 7.33. The Bertz CT molecular complexity index is 1370. The first-order valence-corrected chi connectivity index (χ1v) is 11.5. The van der Waals surface area contributed by atoms with Crippen molar-refractivity contribution in [3.63, 3.8) is 0 Å². The van der Waals surface area contributed by atoms with Crippen molar-refractivity contribution in [1.29, 1.82) is 0 Å². The minimum Gasteiger partial charge on any atom is -0.457 e. The maximum absolute atomic E-state index is 14.2. The highest BCUT2D eigenvalue weighted by Crippen LogP contribution is 2.45. The van der Waals surface area contributed by atoms with Gasteiger partial charge in [0.15, 0.2) is 11.9 Å². The van der Waals surface area contributed by atoms with E-state index in [0.29, 0.717) is 29.3 Å². The van der Waals surface area contributed by atoms with Gasteiger partial charge < -0.3 is 14.7 Å². The average molecular weight is 621 g/mol. The summed E-state index contributed by atoms with van der Waals surface area (Å²) in [6.07, 6.45) is -14.2. The van der Waals surface area contributed by atoms with Crippen LogP contribution in [0.1, 0.15) is 18.1 Å². The van der Waals surface area contributed by atoms with Crippen LogP contribution in [0.4, 0.5) is 58.4 Å². The number of aliphatic hydroxyl groups excluding tert-OH is 1. The fourth-order valence-electron chi connectivity index (χ4n) is 3.34. The molecule has 230 valence electrons. The van der Waals surface area contributed by atoms with Crippen LogP contribution in [-0.2, 0) is 11.8 Å². The van der Waals surface area contributed by atoms with Gasteiger partial charge in [-0.05, 0) is 36.4 Å². The molecule has 0 saturated heterocycles. The number of rotatable bonds is 10. The van der Waals surface area contributed by atoms with Crippen molar-refractivity contribution in [2.24, 2.45) is 0 Å². The van der Waals surface area contributed by atoms with Crippen LogP contribution in [0.2, 0.25) is 0 Å². The van der Waals surface area contributed by atoms with E-state index in [9.17, 15) is 57.8 Å². The zero-order valence-corrected chi connectivity index (χ0v) is 21.0. The van der Waals surface area contributed by atoms with Gasteiger partial charge in [0, 0.05) is 24.1 Å². The summed E-state index contributed by atoms with van der Waals surface area (Å²) in [5, 5.41) is 9.96. The standard InChI is InChI=1S/C26H19F12NO3/c1-22(27,28)23(29,30)15-5-3-10-20(12-15)42-39(14-21(40)25(33,34)35)17-7-4-9-19(13-17)41-18-8-2-6-16(11-18)24(31,32)26(36,37)38/h2-13,21,40H,14H2,1H3/t21-/m0/s1. The molecular weight excluding hydrogens is 602 g/mol. The highest BCUT2D eigenvalue weighted by Gasteiger charge is 2.58. The molecule has 0 spiro atoms. The molecule has 16 heteroatoms. The largest absolute Gasteiger partial charge is 0.458 e. The number of nitrogens with zero attached hydrogens (tertiary/aromatic N) is 1. The fraction of sp³-hybridized carbons (Fsp3) is 0.308. The van der Waals surface area contributed by atoms with E-state index in [1.54, 1.807) is 0 Å². The van der Waals surface area contributed by atoms with E-state index in [2.05, 4.69) is 0 Å². The summed E-state index contributed by atoms with van der Waals surface area (Å²) < 4.78 is 166. The molecule has 1 atom stereocenters. The molecule has 3 aromatic carbocycles. The van der Waals surface area contributed by atoms with E-state index in [0.717, 1.165) is 48.5 Å². The summed E-state index contributed by atoms with van der Waals surface area (Å²) in [4.78, 5) is 5.24. The lowest BCUT2D eigenvalue weighted by Gasteiger charge is -2.29. The lowest BCUT2D eigenvalue weighted by molar-refractivity contribution is -0.289. The number of hydrogen-bond acceptors (Lipinski definition) is 4. The first-order valence-electron chi connectivity index (χ1n) is 11.5. The average Bonchev–Trinajstić information content (AvgIpc) is 2.87. The maximum Gasteiger partial charge on any atom is 0.458 e. The van der Waals surface area contributed by atoms with E-state index in [1.165, 1.54) is 0 Å². The van der Waals surface area contributed by atoms with Crippen LogP contribution < -0.4 is 14.6 Å². The van der Waals surface area contributed by atoms with Crippen LogP contribution in [-0.4, -0.2) is 36.0 Å². The second-order valence-corrected chi connectivity index (χ2v) is 8.90. The molecule has 4 nitrogen and oxygen atoms in total. The Labute approximate surface area is 229 Å². The Morgan fingerprint density at radius 1 is 0.667 bits per heavy atom. The summed E-state index contributed by atoms with van der Waals surface area (Å²) in [7, 11) is 0. The molecule has 0 amide bonds. The van der Waals surface area contributed by atoms with Gasteiger partial charge >= 0.3 is 30.1 Å². The lowest BCUT2D eigenvalue weighted by Crippen LogP contribution is -2.42. The minimum absolute atomic E-state index is 0.0437. The van der Waals surface area contributed by atoms with Gasteiger partial charge in [0.25, 0.3) is 0 Å². The van der Waals surface area contributed by atoms with Gasteiger partial charge in [-0.2, -0.15) is 52.7 Å². The Morgan fingerprint density at radius 3 is 1.67 bits per heavy atom. The van der Waals surface area contributed by atoms with Crippen molar-refractivity contribution >= 4 is 5.69 Å². The topological polar surface area (TPSA) is 41.9 Å². The third-order valence-corrected chi connectivity index (χ3v) is 5.57.